The van der Waals surface area contributed by atoms with E-state index in [2.05, 4.69) is 0 Å². The number of rotatable bonds is 0. The highest BCUT2D eigenvalue weighted by atomic mass is 19.4. The molecule has 1 fully saturated rings. The smallest absolute Gasteiger partial charge is 0.199 e. The van der Waals surface area contributed by atoms with Crippen LogP contribution in [0, 0.1) is 5.41 Å². The molecular weight excluding hydrogens is 386 g/mol. The van der Waals surface area contributed by atoms with Crippen LogP contribution < -0.4 is 0 Å². The minimum atomic E-state index is -7.93. The van der Waals surface area contributed by atoms with Crippen molar-refractivity contribution in [2.45, 2.75) is 55.3 Å². The van der Waals surface area contributed by atoms with Crippen molar-refractivity contribution in [1.82, 2.24) is 0 Å². The average molecular weight is 392 g/mol. The molecule has 0 aromatic heterocycles. The zero-order chi connectivity index (χ0) is 20.0. The van der Waals surface area contributed by atoms with E-state index in [-0.39, 0.29) is 0 Å². The van der Waals surface area contributed by atoms with Crippen LogP contribution in [0.3, 0.4) is 0 Å². The van der Waals surface area contributed by atoms with Crippen LogP contribution in [0.5, 0.6) is 0 Å². The third kappa shape index (κ3) is 1.67. The van der Waals surface area contributed by atoms with Crippen LogP contribution in [0.15, 0.2) is 0 Å². The van der Waals surface area contributed by atoms with Gasteiger partial charge in [0.2, 0.25) is 0 Å². The fourth-order valence-corrected chi connectivity index (χ4v) is 1.97. The Morgan fingerprint density at radius 3 is 0.583 bits per heavy atom. The molecule has 0 nitrogen and oxygen atoms in total. The number of alkyl halides is 14. The van der Waals surface area contributed by atoms with Crippen LogP contribution >= 0.6 is 0 Å². The standard InChI is InChI=1S/C10H6F14/c1-3(2)4(11,12)6(15,16)8(19,20)10(23,24)9(21,22)7(17,18)5(3,13)14/h1-2H3. The molecule has 0 N–H and O–H groups in total. The van der Waals surface area contributed by atoms with E-state index >= 15 is 0 Å². The Morgan fingerprint density at radius 1 is 0.292 bits per heavy atom. The summed E-state index contributed by atoms with van der Waals surface area (Å²) < 4.78 is 185. The molecule has 0 saturated heterocycles. The summed E-state index contributed by atoms with van der Waals surface area (Å²) in [6, 6.07) is 0. The largest absolute Gasteiger partial charge is 0.384 e. The number of hydrogen-bond acceptors (Lipinski definition) is 0. The molecule has 0 atom stereocenters. The van der Waals surface area contributed by atoms with Crippen LogP contribution in [-0.2, 0) is 0 Å². The van der Waals surface area contributed by atoms with Crippen LogP contribution in [0.2, 0.25) is 0 Å². The van der Waals surface area contributed by atoms with Gasteiger partial charge in [0, 0.05) is 0 Å². The van der Waals surface area contributed by atoms with Crippen molar-refractivity contribution in [2.75, 3.05) is 0 Å². The Hall–Kier alpha value is -0.980. The van der Waals surface area contributed by atoms with Gasteiger partial charge in [-0.1, -0.05) is 0 Å². The van der Waals surface area contributed by atoms with Gasteiger partial charge in [0.1, 0.15) is 5.41 Å². The molecule has 0 amide bonds. The molecule has 0 heterocycles. The van der Waals surface area contributed by atoms with E-state index in [4.69, 9.17) is 0 Å². The first-order chi connectivity index (χ1) is 10.0. The second kappa shape index (κ2) is 4.40. The maximum absolute atomic E-state index is 13.5. The monoisotopic (exact) mass is 392 g/mol. The lowest BCUT2D eigenvalue weighted by Crippen LogP contribution is -2.81. The maximum atomic E-state index is 13.5. The topological polar surface area (TPSA) is 0 Å². The van der Waals surface area contributed by atoms with E-state index in [1.165, 1.54) is 0 Å². The van der Waals surface area contributed by atoms with E-state index in [0.29, 0.717) is 0 Å². The second-order valence-electron chi connectivity index (χ2n) is 5.65. The molecule has 0 aromatic carbocycles. The number of halogens is 14. The van der Waals surface area contributed by atoms with E-state index in [1.54, 1.807) is 0 Å². The molecule has 1 aliphatic rings. The zero-order valence-corrected chi connectivity index (χ0v) is 11.3. The Kier molecular flexibility index (Phi) is 3.86. The van der Waals surface area contributed by atoms with Crippen molar-refractivity contribution >= 4 is 0 Å². The van der Waals surface area contributed by atoms with Crippen LogP contribution in [0.4, 0.5) is 61.5 Å². The Balaban J connectivity index is 4.09. The van der Waals surface area contributed by atoms with Gasteiger partial charge in [0.05, 0.1) is 0 Å². The summed E-state index contributed by atoms with van der Waals surface area (Å²) in [5.41, 5.74) is -5.27. The Bertz CT molecular complexity index is 352. The molecule has 0 spiro atoms. The molecule has 14 heteroatoms. The zero-order valence-electron chi connectivity index (χ0n) is 11.3. The Labute approximate surface area is 123 Å². The summed E-state index contributed by atoms with van der Waals surface area (Å²) in [7, 11) is 0. The fourth-order valence-electron chi connectivity index (χ4n) is 1.97. The summed E-state index contributed by atoms with van der Waals surface area (Å²) in [5, 5.41) is 0. The van der Waals surface area contributed by atoms with Crippen molar-refractivity contribution in [3.8, 4) is 0 Å². The first-order valence-corrected chi connectivity index (χ1v) is 5.65. The van der Waals surface area contributed by atoms with Gasteiger partial charge >= 0.3 is 41.5 Å². The first kappa shape index (κ1) is 21.1. The molecule has 24 heavy (non-hydrogen) atoms. The fraction of sp³-hybridized carbons (Fsp3) is 1.00. The molecule has 1 saturated carbocycles. The van der Waals surface area contributed by atoms with Crippen LogP contribution in [0.25, 0.3) is 0 Å². The van der Waals surface area contributed by atoms with E-state index in [9.17, 15) is 61.5 Å². The molecule has 0 aromatic rings. The normalized spacial score (nSPS) is 34.0. The Morgan fingerprint density at radius 2 is 0.417 bits per heavy atom. The van der Waals surface area contributed by atoms with Gasteiger partial charge < -0.3 is 0 Å². The van der Waals surface area contributed by atoms with E-state index in [0.717, 1.165) is 0 Å². The number of hydrogen-bond donors (Lipinski definition) is 0. The first-order valence-electron chi connectivity index (χ1n) is 5.65. The molecule has 0 radical (unpaired) electrons. The van der Waals surface area contributed by atoms with Crippen molar-refractivity contribution in [3.05, 3.63) is 0 Å². The van der Waals surface area contributed by atoms with Crippen LogP contribution in [0.1, 0.15) is 13.8 Å². The lowest BCUT2D eigenvalue weighted by Gasteiger charge is -2.52. The van der Waals surface area contributed by atoms with Gasteiger partial charge in [-0.05, 0) is 13.8 Å². The molecule has 0 unspecified atom stereocenters. The van der Waals surface area contributed by atoms with Crippen molar-refractivity contribution < 1.29 is 61.5 Å². The molecular formula is C10H6F14. The lowest BCUT2D eigenvalue weighted by molar-refractivity contribution is -0.489. The van der Waals surface area contributed by atoms with Crippen molar-refractivity contribution in [2.24, 2.45) is 5.41 Å². The van der Waals surface area contributed by atoms with Gasteiger partial charge in [0.15, 0.2) is 0 Å². The highest BCUT2D eigenvalue weighted by Gasteiger charge is 2.99. The van der Waals surface area contributed by atoms with E-state index in [1.807, 2.05) is 0 Å². The summed E-state index contributed by atoms with van der Waals surface area (Å²) in [5.74, 6) is -52.4. The maximum Gasteiger partial charge on any atom is 0.384 e. The molecule has 1 rings (SSSR count). The van der Waals surface area contributed by atoms with Crippen molar-refractivity contribution in [1.29, 1.82) is 0 Å². The predicted molar refractivity (Wildman–Crippen MR) is 48.4 cm³/mol. The molecule has 144 valence electrons. The third-order valence-corrected chi connectivity index (χ3v) is 3.94. The highest BCUT2D eigenvalue weighted by molar-refractivity contribution is 5.23. The molecule has 0 bridgehead atoms. The quantitative estimate of drug-likeness (QED) is 0.480. The van der Waals surface area contributed by atoms with E-state index < -0.39 is 60.7 Å². The SMILES string of the molecule is CC1(C)C(F)(F)C(F)(F)C(F)(F)C(F)(F)C(F)(F)C(F)(F)C1(F)F. The lowest BCUT2D eigenvalue weighted by atomic mass is 9.67. The minimum Gasteiger partial charge on any atom is -0.199 e. The van der Waals surface area contributed by atoms with Gasteiger partial charge in [-0.3, -0.25) is 0 Å². The molecule has 0 aliphatic heterocycles. The third-order valence-electron chi connectivity index (χ3n) is 3.94. The highest BCUT2D eigenvalue weighted by Crippen LogP contribution is 2.71. The average Bonchev–Trinajstić information content (AvgIpc) is 2.35. The summed E-state index contributed by atoms with van der Waals surface area (Å²) in [4.78, 5) is 0. The summed E-state index contributed by atoms with van der Waals surface area (Å²) in [6.45, 7) is -1.69. The van der Waals surface area contributed by atoms with Gasteiger partial charge in [-0.15, -0.1) is 0 Å². The van der Waals surface area contributed by atoms with Gasteiger partial charge in [-0.25, -0.2) is 0 Å². The summed E-state index contributed by atoms with van der Waals surface area (Å²) in [6.07, 6.45) is 0. The van der Waals surface area contributed by atoms with Crippen molar-refractivity contribution in [3.63, 3.8) is 0 Å². The second-order valence-corrected chi connectivity index (χ2v) is 5.65. The molecule has 1 aliphatic carbocycles. The van der Waals surface area contributed by atoms with Crippen LogP contribution in [-0.4, -0.2) is 41.5 Å². The van der Waals surface area contributed by atoms with Gasteiger partial charge in [0.25, 0.3) is 0 Å². The summed E-state index contributed by atoms with van der Waals surface area (Å²) >= 11 is 0. The van der Waals surface area contributed by atoms with Gasteiger partial charge in [-0.2, -0.15) is 61.5 Å². The predicted octanol–water partition coefficient (Wildman–Crippen LogP) is 5.47. The minimum absolute atomic E-state index is 0.843.